The number of ether oxygens (including phenoxy) is 1. The predicted octanol–water partition coefficient (Wildman–Crippen LogP) is 3.38. The fourth-order valence-corrected chi connectivity index (χ4v) is 3.02. The van der Waals surface area contributed by atoms with Crippen molar-refractivity contribution >= 4 is 22.7 Å². The van der Waals surface area contributed by atoms with Crippen LogP contribution in [0.25, 0.3) is 22.2 Å². The lowest BCUT2D eigenvalue weighted by Crippen LogP contribution is -2.42. The highest BCUT2D eigenvalue weighted by atomic mass is 16.5. The number of amides is 2. The molecule has 0 unspecified atom stereocenters. The van der Waals surface area contributed by atoms with E-state index < -0.39 is 11.8 Å². The number of methoxy groups -OCH3 is 1. The van der Waals surface area contributed by atoms with Crippen molar-refractivity contribution in [2.75, 3.05) is 7.11 Å². The summed E-state index contributed by atoms with van der Waals surface area (Å²) >= 11 is 0. The largest absolute Gasteiger partial charge is 0.497 e. The number of aromatic nitrogens is 2. The molecule has 2 amide bonds. The number of fused-ring (bicyclic) bond motifs is 1. The van der Waals surface area contributed by atoms with E-state index in [1.54, 1.807) is 49.6 Å². The molecule has 0 aliphatic heterocycles. The Labute approximate surface area is 172 Å². The fraction of sp³-hybridized carbons (Fsp3) is 0.0435. The second-order valence-electron chi connectivity index (χ2n) is 6.43. The van der Waals surface area contributed by atoms with E-state index in [0.29, 0.717) is 27.9 Å². The van der Waals surface area contributed by atoms with E-state index in [-0.39, 0.29) is 5.69 Å². The molecule has 0 aliphatic rings. The molecule has 2 heterocycles. The number of hydrazine groups is 1. The maximum atomic E-state index is 13.0. The van der Waals surface area contributed by atoms with Gasteiger partial charge in [0.15, 0.2) is 0 Å². The highest BCUT2D eigenvalue weighted by Gasteiger charge is 2.16. The number of nitrogens with one attached hydrogen (secondary N) is 2. The molecule has 0 spiro atoms. The highest BCUT2D eigenvalue weighted by Crippen LogP contribution is 2.27. The molecule has 0 bridgehead atoms. The van der Waals surface area contributed by atoms with Crippen molar-refractivity contribution in [1.29, 1.82) is 0 Å². The molecule has 4 rings (SSSR count). The maximum absolute atomic E-state index is 13.0. The van der Waals surface area contributed by atoms with E-state index in [0.717, 1.165) is 5.56 Å². The number of carbonyl (C=O) groups is 2. The zero-order valence-electron chi connectivity index (χ0n) is 16.1. The molecule has 0 radical (unpaired) electrons. The van der Waals surface area contributed by atoms with Crippen LogP contribution in [0, 0.1) is 0 Å². The van der Waals surface area contributed by atoms with Crippen LogP contribution in [0.4, 0.5) is 0 Å². The van der Waals surface area contributed by atoms with E-state index in [2.05, 4.69) is 20.8 Å². The number of hydrogen-bond donors (Lipinski definition) is 2. The fourth-order valence-electron chi connectivity index (χ4n) is 3.02. The number of pyridine rings is 2. The summed E-state index contributed by atoms with van der Waals surface area (Å²) in [7, 11) is 1.56. The minimum absolute atomic E-state index is 0.198. The van der Waals surface area contributed by atoms with Gasteiger partial charge in [-0.3, -0.25) is 25.4 Å². The summed E-state index contributed by atoms with van der Waals surface area (Å²) in [4.78, 5) is 33.8. The molecular weight excluding hydrogens is 380 g/mol. The van der Waals surface area contributed by atoms with Gasteiger partial charge in [0, 0.05) is 17.1 Å². The van der Waals surface area contributed by atoms with Gasteiger partial charge in [-0.05, 0) is 36.4 Å². The molecule has 2 aromatic carbocycles. The first-order valence-electron chi connectivity index (χ1n) is 9.21. The Morgan fingerprint density at radius 3 is 2.37 bits per heavy atom. The summed E-state index contributed by atoms with van der Waals surface area (Å²) in [6.45, 7) is 0. The van der Waals surface area contributed by atoms with Crippen LogP contribution in [0.15, 0.2) is 79.0 Å². The van der Waals surface area contributed by atoms with Gasteiger partial charge in [0.2, 0.25) is 0 Å². The maximum Gasteiger partial charge on any atom is 0.288 e. The van der Waals surface area contributed by atoms with Gasteiger partial charge in [-0.25, -0.2) is 4.98 Å². The second kappa shape index (κ2) is 8.40. The topological polar surface area (TPSA) is 93.2 Å². The van der Waals surface area contributed by atoms with Crippen molar-refractivity contribution < 1.29 is 14.3 Å². The van der Waals surface area contributed by atoms with Gasteiger partial charge >= 0.3 is 0 Å². The Hall–Kier alpha value is -4.26. The normalized spacial score (nSPS) is 10.4. The summed E-state index contributed by atoms with van der Waals surface area (Å²) in [6, 6.07) is 21.5. The third-order valence-corrected chi connectivity index (χ3v) is 4.52. The molecule has 148 valence electrons. The Morgan fingerprint density at radius 2 is 1.63 bits per heavy atom. The van der Waals surface area contributed by atoms with Crippen LogP contribution < -0.4 is 15.6 Å². The van der Waals surface area contributed by atoms with Crippen LogP contribution in [0.5, 0.6) is 5.75 Å². The number of rotatable bonds is 4. The molecule has 30 heavy (non-hydrogen) atoms. The van der Waals surface area contributed by atoms with Crippen LogP contribution in [-0.2, 0) is 0 Å². The number of hydrogen-bond acceptors (Lipinski definition) is 5. The zero-order valence-corrected chi connectivity index (χ0v) is 16.1. The van der Waals surface area contributed by atoms with Gasteiger partial charge in [-0.1, -0.05) is 36.4 Å². The molecule has 7 heteroatoms. The molecule has 7 nitrogen and oxygen atoms in total. The number of benzene rings is 2. The van der Waals surface area contributed by atoms with E-state index in [1.807, 2.05) is 30.3 Å². The van der Waals surface area contributed by atoms with Crippen LogP contribution in [0.2, 0.25) is 0 Å². The molecule has 0 aliphatic carbocycles. The van der Waals surface area contributed by atoms with Gasteiger partial charge in [0.25, 0.3) is 11.8 Å². The lowest BCUT2D eigenvalue weighted by Gasteiger charge is -2.12. The van der Waals surface area contributed by atoms with E-state index >= 15 is 0 Å². The average molecular weight is 398 g/mol. The van der Waals surface area contributed by atoms with Gasteiger partial charge in [0.05, 0.1) is 23.9 Å². The summed E-state index contributed by atoms with van der Waals surface area (Å²) in [5, 5.41) is 0.610. The van der Waals surface area contributed by atoms with Crippen LogP contribution in [0.1, 0.15) is 20.8 Å². The lowest BCUT2D eigenvalue weighted by atomic mass is 10.0. The number of carbonyl (C=O) groups excluding carboxylic acids is 2. The number of nitrogens with zero attached hydrogens (tertiary/aromatic N) is 2. The molecule has 2 aromatic heterocycles. The van der Waals surface area contributed by atoms with Gasteiger partial charge in [-0.15, -0.1) is 0 Å². The second-order valence-corrected chi connectivity index (χ2v) is 6.43. The average Bonchev–Trinajstić information content (AvgIpc) is 2.82. The van der Waals surface area contributed by atoms with E-state index in [1.165, 1.54) is 6.20 Å². The molecule has 2 N–H and O–H groups in total. The van der Waals surface area contributed by atoms with Gasteiger partial charge < -0.3 is 4.74 Å². The Balaban J connectivity index is 1.70. The van der Waals surface area contributed by atoms with Crippen LogP contribution in [0.3, 0.4) is 0 Å². The minimum atomic E-state index is -0.511. The summed E-state index contributed by atoms with van der Waals surface area (Å²) in [5.74, 6) is -0.386. The Kier molecular flexibility index (Phi) is 5.34. The first kappa shape index (κ1) is 19.1. The summed E-state index contributed by atoms with van der Waals surface area (Å²) in [5.41, 5.74) is 7.58. The van der Waals surface area contributed by atoms with E-state index in [4.69, 9.17) is 4.74 Å². The molecule has 0 atom stereocenters. The van der Waals surface area contributed by atoms with Gasteiger partial charge in [-0.2, -0.15) is 0 Å². The quantitative estimate of drug-likeness (QED) is 0.514. The smallest absolute Gasteiger partial charge is 0.288 e. The Morgan fingerprint density at radius 1 is 0.867 bits per heavy atom. The van der Waals surface area contributed by atoms with Crippen molar-refractivity contribution in [1.82, 2.24) is 20.8 Å². The van der Waals surface area contributed by atoms with Crippen molar-refractivity contribution in [3.63, 3.8) is 0 Å². The Bertz CT molecular complexity index is 1210. The van der Waals surface area contributed by atoms with Crippen LogP contribution in [-0.4, -0.2) is 28.9 Å². The van der Waals surface area contributed by atoms with Gasteiger partial charge in [0.1, 0.15) is 11.4 Å². The van der Waals surface area contributed by atoms with Crippen molar-refractivity contribution in [2.24, 2.45) is 0 Å². The van der Waals surface area contributed by atoms with E-state index in [9.17, 15) is 9.59 Å². The summed E-state index contributed by atoms with van der Waals surface area (Å²) < 4.78 is 5.29. The first-order valence-corrected chi connectivity index (χ1v) is 9.21. The monoisotopic (exact) mass is 398 g/mol. The zero-order chi connectivity index (χ0) is 20.9. The molecule has 0 fully saturated rings. The third kappa shape index (κ3) is 3.95. The van der Waals surface area contributed by atoms with Crippen LogP contribution >= 0.6 is 0 Å². The first-order chi connectivity index (χ1) is 14.7. The third-order valence-electron chi connectivity index (χ3n) is 4.52. The molecule has 4 aromatic rings. The highest BCUT2D eigenvalue weighted by molar-refractivity contribution is 6.08. The lowest BCUT2D eigenvalue weighted by molar-refractivity contribution is 0.0845. The molecular formula is C23H18N4O3. The minimum Gasteiger partial charge on any atom is -0.497 e. The predicted molar refractivity (Wildman–Crippen MR) is 113 cm³/mol. The van der Waals surface area contributed by atoms with Crippen molar-refractivity contribution in [3.05, 3.63) is 90.3 Å². The van der Waals surface area contributed by atoms with Crippen molar-refractivity contribution in [3.8, 4) is 17.0 Å². The summed E-state index contributed by atoms with van der Waals surface area (Å²) in [6.07, 6.45) is 1.51. The molecule has 0 saturated heterocycles. The SMILES string of the molecule is COc1ccc2nc(-c3ccccc3)cc(C(=O)NNC(=O)c3ccccn3)c2c1. The molecule has 0 saturated carbocycles. The van der Waals surface area contributed by atoms with Crippen molar-refractivity contribution in [2.45, 2.75) is 0 Å². The standard InChI is InChI=1S/C23H18N4O3/c1-30-16-10-11-19-17(13-16)18(14-21(25-19)15-7-3-2-4-8-15)22(28)26-27-23(29)20-9-5-6-12-24-20/h2-14H,1H3,(H,26,28)(H,27,29).